The standard InChI is InChI=1S/C11H18ClN3O3S/c1-11(2,4-5-18-3)8-15-19(16,17)9-6-13-10(12)14-7-9/h6-7,15H,4-5,8H2,1-3H3. The number of nitrogens with one attached hydrogen (secondary N) is 1. The lowest BCUT2D eigenvalue weighted by molar-refractivity contribution is 0.153. The first-order valence-electron chi connectivity index (χ1n) is 5.73. The van der Waals surface area contributed by atoms with Crippen molar-refractivity contribution in [2.75, 3.05) is 20.3 Å². The maximum absolute atomic E-state index is 12.0. The lowest BCUT2D eigenvalue weighted by Gasteiger charge is -2.24. The van der Waals surface area contributed by atoms with Gasteiger partial charge in [-0.15, -0.1) is 0 Å². The highest BCUT2D eigenvalue weighted by atomic mass is 35.5. The van der Waals surface area contributed by atoms with Gasteiger partial charge in [0.05, 0.1) is 12.4 Å². The van der Waals surface area contributed by atoms with E-state index in [4.69, 9.17) is 16.3 Å². The topological polar surface area (TPSA) is 81.2 Å². The minimum Gasteiger partial charge on any atom is -0.385 e. The molecule has 0 saturated heterocycles. The molecule has 1 heterocycles. The van der Waals surface area contributed by atoms with E-state index in [1.165, 1.54) is 12.4 Å². The number of sulfonamides is 1. The van der Waals surface area contributed by atoms with Gasteiger partial charge in [0, 0.05) is 20.3 Å². The fraction of sp³-hybridized carbons (Fsp3) is 0.636. The van der Waals surface area contributed by atoms with Gasteiger partial charge < -0.3 is 4.74 Å². The van der Waals surface area contributed by atoms with E-state index in [1.54, 1.807) is 7.11 Å². The fourth-order valence-corrected chi connectivity index (χ4v) is 2.51. The Kier molecular flexibility index (Phi) is 5.66. The molecule has 0 aromatic carbocycles. The molecule has 1 N–H and O–H groups in total. The van der Waals surface area contributed by atoms with Gasteiger partial charge in [-0.05, 0) is 23.4 Å². The van der Waals surface area contributed by atoms with Crippen LogP contribution >= 0.6 is 11.6 Å². The molecule has 6 nitrogen and oxygen atoms in total. The van der Waals surface area contributed by atoms with Crippen LogP contribution in [0.4, 0.5) is 0 Å². The van der Waals surface area contributed by atoms with E-state index in [0.717, 1.165) is 6.42 Å². The molecule has 19 heavy (non-hydrogen) atoms. The van der Waals surface area contributed by atoms with Crippen LogP contribution in [0.15, 0.2) is 17.3 Å². The molecule has 0 saturated carbocycles. The highest BCUT2D eigenvalue weighted by Gasteiger charge is 2.22. The van der Waals surface area contributed by atoms with Crippen LogP contribution < -0.4 is 4.72 Å². The van der Waals surface area contributed by atoms with Crippen LogP contribution in [-0.4, -0.2) is 38.6 Å². The van der Waals surface area contributed by atoms with Gasteiger partial charge >= 0.3 is 0 Å². The molecule has 0 amide bonds. The Bertz CT molecular complexity index is 502. The Balaban J connectivity index is 2.68. The van der Waals surface area contributed by atoms with Crippen molar-refractivity contribution in [1.29, 1.82) is 0 Å². The van der Waals surface area contributed by atoms with E-state index >= 15 is 0 Å². The van der Waals surface area contributed by atoms with E-state index in [0.29, 0.717) is 13.2 Å². The Hall–Kier alpha value is -0.760. The van der Waals surface area contributed by atoms with Crippen molar-refractivity contribution in [3.63, 3.8) is 0 Å². The number of rotatable bonds is 7. The molecule has 0 aliphatic rings. The van der Waals surface area contributed by atoms with Crippen LogP contribution in [0.1, 0.15) is 20.3 Å². The second-order valence-electron chi connectivity index (χ2n) is 4.92. The van der Waals surface area contributed by atoms with E-state index < -0.39 is 10.0 Å². The van der Waals surface area contributed by atoms with Crippen molar-refractivity contribution in [3.05, 3.63) is 17.7 Å². The van der Waals surface area contributed by atoms with Crippen molar-refractivity contribution in [3.8, 4) is 0 Å². The van der Waals surface area contributed by atoms with E-state index in [9.17, 15) is 8.42 Å². The Labute approximate surface area is 118 Å². The van der Waals surface area contributed by atoms with Crippen LogP contribution in [0.25, 0.3) is 0 Å². The normalized spacial score (nSPS) is 12.6. The Morgan fingerprint density at radius 1 is 1.37 bits per heavy atom. The average Bonchev–Trinajstić information content (AvgIpc) is 2.35. The third kappa shape index (κ3) is 5.40. The van der Waals surface area contributed by atoms with Crippen LogP contribution in [0.2, 0.25) is 5.28 Å². The molecule has 0 radical (unpaired) electrons. The maximum Gasteiger partial charge on any atom is 0.243 e. The Morgan fingerprint density at radius 3 is 2.47 bits per heavy atom. The molecule has 0 atom stereocenters. The number of halogens is 1. The zero-order valence-corrected chi connectivity index (χ0v) is 12.8. The molecule has 108 valence electrons. The molecule has 0 aliphatic carbocycles. The van der Waals surface area contributed by atoms with Gasteiger partial charge in [-0.1, -0.05) is 13.8 Å². The van der Waals surface area contributed by atoms with E-state index in [2.05, 4.69) is 14.7 Å². The number of ether oxygens (including phenoxy) is 1. The zero-order chi connectivity index (χ0) is 14.5. The molecule has 0 spiro atoms. The molecule has 0 aliphatic heterocycles. The van der Waals surface area contributed by atoms with Crippen molar-refractivity contribution in [1.82, 2.24) is 14.7 Å². The Morgan fingerprint density at radius 2 is 1.95 bits per heavy atom. The summed E-state index contributed by atoms with van der Waals surface area (Å²) in [5.74, 6) is 0. The van der Waals surface area contributed by atoms with E-state index in [1.807, 2.05) is 13.8 Å². The third-order valence-electron chi connectivity index (χ3n) is 2.63. The van der Waals surface area contributed by atoms with Crippen molar-refractivity contribution in [2.45, 2.75) is 25.2 Å². The summed E-state index contributed by atoms with van der Waals surface area (Å²) in [5.41, 5.74) is -0.198. The van der Waals surface area contributed by atoms with Crippen molar-refractivity contribution < 1.29 is 13.2 Å². The molecule has 0 unspecified atom stereocenters. The first-order chi connectivity index (χ1) is 8.77. The van der Waals surface area contributed by atoms with Gasteiger partial charge in [-0.25, -0.2) is 23.1 Å². The van der Waals surface area contributed by atoms with Crippen molar-refractivity contribution >= 4 is 21.6 Å². The molecule has 0 fully saturated rings. The number of methoxy groups -OCH3 is 1. The van der Waals surface area contributed by atoms with Crippen LogP contribution in [0.3, 0.4) is 0 Å². The summed E-state index contributed by atoms with van der Waals surface area (Å²) < 4.78 is 31.5. The highest BCUT2D eigenvalue weighted by Crippen LogP contribution is 2.20. The quantitative estimate of drug-likeness (QED) is 0.772. The molecular weight excluding hydrogens is 290 g/mol. The molecule has 1 aromatic rings. The molecular formula is C11H18ClN3O3S. The average molecular weight is 308 g/mol. The monoisotopic (exact) mass is 307 g/mol. The number of hydrogen-bond donors (Lipinski definition) is 1. The van der Waals surface area contributed by atoms with Gasteiger partial charge in [-0.3, -0.25) is 0 Å². The third-order valence-corrected chi connectivity index (χ3v) is 4.18. The lowest BCUT2D eigenvalue weighted by Crippen LogP contribution is -2.34. The van der Waals surface area contributed by atoms with Gasteiger partial charge in [0.2, 0.25) is 15.3 Å². The van der Waals surface area contributed by atoms with Gasteiger partial charge in [0.25, 0.3) is 0 Å². The fourth-order valence-electron chi connectivity index (χ4n) is 1.28. The number of hydrogen-bond acceptors (Lipinski definition) is 5. The first-order valence-corrected chi connectivity index (χ1v) is 7.59. The SMILES string of the molecule is COCCC(C)(C)CNS(=O)(=O)c1cnc(Cl)nc1. The summed E-state index contributed by atoms with van der Waals surface area (Å²) in [6.07, 6.45) is 3.11. The lowest BCUT2D eigenvalue weighted by atomic mass is 9.90. The molecule has 1 aromatic heterocycles. The second-order valence-corrected chi connectivity index (χ2v) is 7.02. The van der Waals surface area contributed by atoms with Crippen LogP contribution in [0.5, 0.6) is 0 Å². The smallest absolute Gasteiger partial charge is 0.243 e. The first kappa shape index (κ1) is 16.3. The van der Waals surface area contributed by atoms with Gasteiger partial charge in [-0.2, -0.15) is 0 Å². The summed E-state index contributed by atoms with van der Waals surface area (Å²) in [5, 5.41) is 0.0133. The summed E-state index contributed by atoms with van der Waals surface area (Å²) in [6.45, 7) is 4.82. The predicted octanol–water partition coefficient (Wildman–Crippen LogP) is 1.47. The molecule has 1 rings (SSSR count). The summed E-state index contributed by atoms with van der Waals surface area (Å²) in [7, 11) is -1.99. The van der Waals surface area contributed by atoms with Crippen LogP contribution in [-0.2, 0) is 14.8 Å². The van der Waals surface area contributed by atoms with E-state index in [-0.39, 0.29) is 15.6 Å². The highest BCUT2D eigenvalue weighted by molar-refractivity contribution is 7.89. The maximum atomic E-state index is 12.0. The summed E-state index contributed by atoms with van der Waals surface area (Å²) in [4.78, 5) is 7.31. The van der Waals surface area contributed by atoms with Crippen LogP contribution in [0, 0.1) is 5.41 Å². The van der Waals surface area contributed by atoms with Gasteiger partial charge in [0.1, 0.15) is 4.90 Å². The minimum absolute atomic E-state index is 0.000517. The van der Waals surface area contributed by atoms with Gasteiger partial charge in [0.15, 0.2) is 0 Å². The summed E-state index contributed by atoms with van der Waals surface area (Å²) in [6, 6.07) is 0. The van der Waals surface area contributed by atoms with Crippen molar-refractivity contribution in [2.24, 2.45) is 5.41 Å². The molecule has 0 bridgehead atoms. The summed E-state index contributed by atoms with van der Waals surface area (Å²) >= 11 is 5.52. The largest absolute Gasteiger partial charge is 0.385 e. The second kappa shape index (κ2) is 6.60. The predicted molar refractivity (Wildman–Crippen MR) is 72.5 cm³/mol. The molecule has 8 heteroatoms. The minimum atomic E-state index is -3.61. The number of nitrogens with zero attached hydrogens (tertiary/aromatic N) is 2. The zero-order valence-electron chi connectivity index (χ0n) is 11.2. The number of aromatic nitrogens is 2.